The summed E-state index contributed by atoms with van der Waals surface area (Å²) in [6.45, 7) is 3.99. The van der Waals surface area contributed by atoms with Gasteiger partial charge in [-0.2, -0.15) is 0 Å². The van der Waals surface area contributed by atoms with E-state index in [9.17, 15) is 19.1 Å². The van der Waals surface area contributed by atoms with E-state index in [4.69, 9.17) is 0 Å². The van der Waals surface area contributed by atoms with E-state index in [-0.39, 0.29) is 5.56 Å². The molecule has 2 rings (SSSR count). The Labute approximate surface area is 123 Å². The lowest BCUT2D eigenvalue weighted by molar-refractivity contribution is -0.148. The lowest BCUT2D eigenvalue weighted by Crippen LogP contribution is -2.53. The van der Waals surface area contributed by atoms with Crippen molar-refractivity contribution >= 4 is 11.9 Å². The highest BCUT2D eigenvalue weighted by atomic mass is 19.1. The largest absolute Gasteiger partial charge is 0.479 e. The van der Waals surface area contributed by atoms with E-state index in [1.165, 1.54) is 17.0 Å². The first-order valence-electron chi connectivity index (χ1n) is 7.24. The summed E-state index contributed by atoms with van der Waals surface area (Å²) in [5.41, 5.74) is -0.517. The normalized spacial score (nSPS) is 21.6. The second kappa shape index (κ2) is 5.84. The number of carbonyl (C=O) groups excluding carboxylic acids is 1. The van der Waals surface area contributed by atoms with Gasteiger partial charge < -0.3 is 10.0 Å². The molecule has 1 heterocycles. The van der Waals surface area contributed by atoms with Crippen LogP contribution in [0.25, 0.3) is 0 Å². The number of carbonyl (C=O) groups is 2. The monoisotopic (exact) mass is 293 g/mol. The van der Waals surface area contributed by atoms with Crippen molar-refractivity contribution in [2.45, 2.75) is 45.1 Å². The number of carboxylic acids is 1. The first kappa shape index (κ1) is 15.5. The molecule has 1 aliphatic rings. The van der Waals surface area contributed by atoms with Crippen molar-refractivity contribution in [3.63, 3.8) is 0 Å². The lowest BCUT2D eigenvalue weighted by atomic mass is 9.90. The maximum atomic E-state index is 14.0. The molecule has 1 aliphatic heterocycles. The Balaban J connectivity index is 2.39. The molecule has 0 aromatic heterocycles. The molecule has 1 amide bonds. The van der Waals surface area contributed by atoms with Crippen molar-refractivity contribution in [1.29, 1.82) is 0 Å². The van der Waals surface area contributed by atoms with Crippen molar-refractivity contribution < 1.29 is 19.1 Å². The second-order valence-corrected chi connectivity index (χ2v) is 5.63. The highest BCUT2D eigenvalue weighted by molar-refractivity contribution is 5.98. The maximum Gasteiger partial charge on any atom is 0.329 e. The summed E-state index contributed by atoms with van der Waals surface area (Å²) in [5.74, 6) is -2.12. The molecule has 5 heteroatoms. The van der Waals surface area contributed by atoms with Crippen LogP contribution in [0.5, 0.6) is 0 Å². The molecular formula is C16H20FNO3. The zero-order chi connectivity index (χ0) is 15.6. The summed E-state index contributed by atoms with van der Waals surface area (Å²) < 4.78 is 14.0. The smallest absolute Gasteiger partial charge is 0.329 e. The average Bonchev–Trinajstić information content (AvgIpc) is 2.83. The van der Waals surface area contributed by atoms with Gasteiger partial charge >= 0.3 is 5.97 Å². The Bertz CT molecular complexity index is 573. The zero-order valence-electron chi connectivity index (χ0n) is 12.4. The Morgan fingerprint density at radius 3 is 2.71 bits per heavy atom. The number of amides is 1. The van der Waals surface area contributed by atoms with E-state index in [1.807, 2.05) is 6.92 Å². The Morgan fingerprint density at radius 1 is 1.43 bits per heavy atom. The summed E-state index contributed by atoms with van der Waals surface area (Å²) in [4.78, 5) is 25.6. The van der Waals surface area contributed by atoms with Crippen molar-refractivity contribution in [3.8, 4) is 0 Å². The van der Waals surface area contributed by atoms with E-state index < -0.39 is 23.2 Å². The van der Waals surface area contributed by atoms with Crippen LogP contribution < -0.4 is 0 Å². The molecule has 0 saturated carbocycles. The SMILES string of the molecule is CCCC1(C(=O)O)CCCN1C(=O)c1ccc(C)cc1F. The van der Waals surface area contributed by atoms with E-state index in [1.54, 1.807) is 13.0 Å². The second-order valence-electron chi connectivity index (χ2n) is 5.63. The van der Waals surface area contributed by atoms with Gasteiger partial charge in [0.15, 0.2) is 0 Å². The number of aliphatic carboxylic acids is 1. The van der Waals surface area contributed by atoms with Crippen LogP contribution in [0.4, 0.5) is 4.39 Å². The third-order valence-corrected chi connectivity index (χ3v) is 4.15. The van der Waals surface area contributed by atoms with Crippen LogP contribution in [0.1, 0.15) is 48.5 Å². The number of benzene rings is 1. The van der Waals surface area contributed by atoms with Crippen molar-refractivity contribution in [2.75, 3.05) is 6.54 Å². The maximum absolute atomic E-state index is 14.0. The first-order chi connectivity index (χ1) is 9.92. The number of halogens is 1. The van der Waals surface area contributed by atoms with Gasteiger partial charge in [0.2, 0.25) is 0 Å². The molecule has 1 atom stereocenters. The quantitative estimate of drug-likeness (QED) is 0.928. The number of hydrogen-bond donors (Lipinski definition) is 1. The molecule has 1 N–H and O–H groups in total. The van der Waals surface area contributed by atoms with Gasteiger partial charge in [-0.3, -0.25) is 4.79 Å². The first-order valence-corrected chi connectivity index (χ1v) is 7.24. The molecular weight excluding hydrogens is 273 g/mol. The van der Waals surface area contributed by atoms with Crippen LogP contribution in [-0.4, -0.2) is 34.0 Å². The molecule has 21 heavy (non-hydrogen) atoms. The van der Waals surface area contributed by atoms with Crippen LogP contribution >= 0.6 is 0 Å². The summed E-state index contributed by atoms with van der Waals surface area (Å²) in [5, 5.41) is 9.59. The molecule has 1 unspecified atom stereocenters. The van der Waals surface area contributed by atoms with Gasteiger partial charge in [-0.05, 0) is 43.9 Å². The van der Waals surface area contributed by atoms with Gasteiger partial charge in [-0.15, -0.1) is 0 Å². The third-order valence-electron chi connectivity index (χ3n) is 4.15. The third kappa shape index (κ3) is 2.64. The average molecular weight is 293 g/mol. The fourth-order valence-corrected chi connectivity index (χ4v) is 3.12. The highest BCUT2D eigenvalue weighted by Crippen LogP contribution is 2.35. The minimum Gasteiger partial charge on any atom is -0.479 e. The van der Waals surface area contributed by atoms with Crippen LogP contribution in [0.15, 0.2) is 18.2 Å². The molecule has 0 aliphatic carbocycles. The minimum atomic E-state index is -1.19. The number of nitrogens with zero attached hydrogens (tertiary/aromatic N) is 1. The van der Waals surface area contributed by atoms with Crippen molar-refractivity contribution in [3.05, 3.63) is 35.1 Å². The van der Waals surface area contributed by atoms with Gasteiger partial charge in [0.25, 0.3) is 5.91 Å². The summed E-state index contributed by atoms with van der Waals surface area (Å²) in [6, 6.07) is 4.39. The van der Waals surface area contributed by atoms with E-state index in [2.05, 4.69) is 0 Å². The predicted molar refractivity (Wildman–Crippen MR) is 76.7 cm³/mol. The Morgan fingerprint density at radius 2 is 2.14 bits per heavy atom. The van der Waals surface area contributed by atoms with E-state index in [0.717, 1.165) is 5.56 Å². The minimum absolute atomic E-state index is 0.0516. The molecule has 0 spiro atoms. The summed E-state index contributed by atoms with van der Waals surface area (Å²) in [7, 11) is 0. The Hall–Kier alpha value is -1.91. The fourth-order valence-electron chi connectivity index (χ4n) is 3.12. The van der Waals surface area contributed by atoms with Crippen LogP contribution in [0.3, 0.4) is 0 Å². The van der Waals surface area contributed by atoms with Crippen LogP contribution in [-0.2, 0) is 4.79 Å². The number of carboxylic acid groups (broad SMARTS) is 1. The summed E-state index contributed by atoms with van der Waals surface area (Å²) >= 11 is 0. The number of aryl methyl sites for hydroxylation is 1. The molecule has 1 aromatic carbocycles. The molecule has 1 aromatic rings. The summed E-state index contributed by atoms with van der Waals surface area (Å²) in [6.07, 6.45) is 2.11. The van der Waals surface area contributed by atoms with Crippen LogP contribution in [0, 0.1) is 12.7 Å². The molecule has 4 nitrogen and oxygen atoms in total. The zero-order valence-corrected chi connectivity index (χ0v) is 12.4. The fraction of sp³-hybridized carbons (Fsp3) is 0.500. The van der Waals surface area contributed by atoms with Gasteiger partial charge in [-0.25, -0.2) is 9.18 Å². The molecule has 0 bridgehead atoms. The number of rotatable bonds is 4. The van der Waals surface area contributed by atoms with E-state index in [0.29, 0.717) is 32.2 Å². The topological polar surface area (TPSA) is 57.6 Å². The number of likely N-dealkylation sites (tertiary alicyclic amines) is 1. The number of hydrogen-bond acceptors (Lipinski definition) is 2. The van der Waals surface area contributed by atoms with Crippen molar-refractivity contribution in [2.24, 2.45) is 0 Å². The lowest BCUT2D eigenvalue weighted by Gasteiger charge is -2.34. The van der Waals surface area contributed by atoms with Gasteiger partial charge in [0.05, 0.1) is 5.56 Å². The van der Waals surface area contributed by atoms with Gasteiger partial charge in [0.1, 0.15) is 11.4 Å². The Kier molecular flexibility index (Phi) is 4.30. The molecule has 0 radical (unpaired) electrons. The van der Waals surface area contributed by atoms with Crippen molar-refractivity contribution in [1.82, 2.24) is 4.90 Å². The molecule has 114 valence electrons. The van der Waals surface area contributed by atoms with Crippen LogP contribution in [0.2, 0.25) is 0 Å². The molecule has 1 fully saturated rings. The van der Waals surface area contributed by atoms with E-state index >= 15 is 0 Å². The predicted octanol–water partition coefficient (Wildman–Crippen LogP) is 2.99. The standard InChI is InChI=1S/C16H20FNO3/c1-3-7-16(15(20)21)8-4-9-18(16)14(19)12-6-5-11(2)10-13(12)17/h5-6,10H,3-4,7-9H2,1-2H3,(H,20,21). The van der Waals surface area contributed by atoms with Gasteiger partial charge in [0, 0.05) is 6.54 Å². The highest BCUT2D eigenvalue weighted by Gasteiger charge is 2.49. The van der Waals surface area contributed by atoms with Gasteiger partial charge in [-0.1, -0.05) is 19.4 Å². The molecule has 1 saturated heterocycles.